The molecule has 2 heteroatoms. The Hall–Kier alpha value is -1.28. The molecule has 3 rings (SSSR count). The van der Waals surface area contributed by atoms with Crippen LogP contribution >= 0.6 is 11.3 Å². The Morgan fingerprint density at radius 1 is 1.12 bits per heavy atom. The molecular weight excluding hydrogens is 214 g/mol. The highest BCUT2D eigenvalue weighted by Crippen LogP contribution is 2.28. The van der Waals surface area contributed by atoms with Gasteiger partial charge in [0.2, 0.25) is 0 Å². The molecule has 2 aromatic rings. The van der Waals surface area contributed by atoms with Gasteiger partial charge >= 0.3 is 0 Å². The lowest BCUT2D eigenvalue weighted by Gasteiger charge is -2.30. The topological polar surface area (TPSA) is 3.24 Å². The Morgan fingerprint density at radius 2 is 2.06 bits per heavy atom. The minimum Gasteiger partial charge on any atom is -0.366 e. The largest absolute Gasteiger partial charge is 0.366 e. The number of aryl methyl sites for hydroxylation is 1. The Balaban J connectivity index is 1.87. The zero-order chi connectivity index (χ0) is 10.8. The second-order valence-electron chi connectivity index (χ2n) is 4.23. The monoisotopic (exact) mass is 229 g/mol. The SMILES string of the molecule is c1csc(CN2CCCc3ccccc32)c1. The molecule has 0 aliphatic carbocycles. The van der Waals surface area contributed by atoms with E-state index in [4.69, 9.17) is 0 Å². The molecule has 2 heterocycles. The van der Waals surface area contributed by atoms with E-state index in [0.717, 1.165) is 6.54 Å². The molecule has 0 N–H and O–H groups in total. The van der Waals surface area contributed by atoms with E-state index in [0.29, 0.717) is 0 Å². The van der Waals surface area contributed by atoms with E-state index >= 15 is 0 Å². The van der Waals surface area contributed by atoms with Crippen molar-refractivity contribution in [3.63, 3.8) is 0 Å². The van der Waals surface area contributed by atoms with E-state index < -0.39 is 0 Å². The van der Waals surface area contributed by atoms with Gasteiger partial charge in [-0.1, -0.05) is 24.3 Å². The lowest BCUT2D eigenvalue weighted by molar-refractivity contribution is 0.695. The van der Waals surface area contributed by atoms with E-state index in [1.807, 2.05) is 11.3 Å². The summed E-state index contributed by atoms with van der Waals surface area (Å²) in [7, 11) is 0. The van der Waals surface area contributed by atoms with Crippen molar-refractivity contribution in [2.24, 2.45) is 0 Å². The van der Waals surface area contributed by atoms with Gasteiger partial charge in [-0.2, -0.15) is 0 Å². The molecular formula is C14H15NS. The molecule has 1 aromatic carbocycles. The van der Waals surface area contributed by atoms with Gasteiger partial charge in [-0.25, -0.2) is 0 Å². The molecule has 82 valence electrons. The summed E-state index contributed by atoms with van der Waals surface area (Å²) in [5.74, 6) is 0. The minimum absolute atomic E-state index is 1.06. The Morgan fingerprint density at radius 3 is 2.94 bits per heavy atom. The molecule has 1 nitrogen and oxygen atoms in total. The second-order valence-corrected chi connectivity index (χ2v) is 5.27. The summed E-state index contributed by atoms with van der Waals surface area (Å²) in [6.07, 6.45) is 2.51. The Bertz CT molecular complexity index is 461. The van der Waals surface area contributed by atoms with E-state index in [9.17, 15) is 0 Å². The van der Waals surface area contributed by atoms with Crippen LogP contribution in [0.25, 0.3) is 0 Å². The average Bonchev–Trinajstić information content (AvgIpc) is 2.82. The number of rotatable bonds is 2. The number of benzene rings is 1. The third-order valence-corrected chi connectivity index (χ3v) is 3.99. The fourth-order valence-corrected chi connectivity index (χ4v) is 3.09. The first-order valence-corrected chi connectivity index (χ1v) is 6.67. The van der Waals surface area contributed by atoms with Crippen LogP contribution < -0.4 is 4.90 Å². The third-order valence-electron chi connectivity index (χ3n) is 3.13. The van der Waals surface area contributed by atoms with Crippen LogP contribution in [0.15, 0.2) is 41.8 Å². The zero-order valence-corrected chi connectivity index (χ0v) is 10.0. The maximum Gasteiger partial charge on any atom is 0.0522 e. The average molecular weight is 229 g/mol. The van der Waals surface area contributed by atoms with Crippen LogP contribution in [0.3, 0.4) is 0 Å². The first-order chi connectivity index (χ1) is 7.93. The van der Waals surface area contributed by atoms with Gasteiger partial charge in [0.25, 0.3) is 0 Å². The maximum atomic E-state index is 2.50. The number of hydrogen-bond acceptors (Lipinski definition) is 2. The third kappa shape index (κ3) is 1.85. The van der Waals surface area contributed by atoms with E-state index in [2.05, 4.69) is 46.7 Å². The van der Waals surface area contributed by atoms with Crippen molar-refractivity contribution < 1.29 is 0 Å². The smallest absolute Gasteiger partial charge is 0.0522 e. The van der Waals surface area contributed by atoms with Crippen LogP contribution in [-0.2, 0) is 13.0 Å². The summed E-state index contributed by atoms with van der Waals surface area (Å²) < 4.78 is 0. The highest BCUT2D eigenvalue weighted by Gasteiger charge is 2.16. The second kappa shape index (κ2) is 4.30. The molecule has 0 unspecified atom stereocenters. The van der Waals surface area contributed by atoms with Crippen LogP contribution in [-0.4, -0.2) is 6.54 Å². The zero-order valence-electron chi connectivity index (χ0n) is 9.23. The summed E-state index contributed by atoms with van der Waals surface area (Å²) in [5.41, 5.74) is 2.94. The molecule has 0 atom stereocenters. The van der Waals surface area contributed by atoms with Gasteiger partial charge in [0.1, 0.15) is 0 Å². The summed E-state index contributed by atoms with van der Waals surface area (Å²) in [6.45, 7) is 2.25. The molecule has 0 bridgehead atoms. The molecule has 0 saturated carbocycles. The number of thiophene rings is 1. The van der Waals surface area contributed by atoms with Crippen LogP contribution in [0.1, 0.15) is 16.9 Å². The van der Waals surface area contributed by atoms with Crippen molar-refractivity contribution in [1.29, 1.82) is 0 Å². The van der Waals surface area contributed by atoms with E-state index in [-0.39, 0.29) is 0 Å². The molecule has 1 aliphatic heterocycles. The van der Waals surface area contributed by atoms with Gasteiger partial charge in [0, 0.05) is 17.1 Å². The van der Waals surface area contributed by atoms with E-state index in [1.165, 1.54) is 35.5 Å². The molecule has 0 spiro atoms. The summed E-state index contributed by atoms with van der Waals surface area (Å²) in [6, 6.07) is 13.2. The van der Waals surface area contributed by atoms with E-state index in [1.54, 1.807) is 0 Å². The fourth-order valence-electron chi connectivity index (χ4n) is 2.37. The number of anilines is 1. The molecule has 1 aromatic heterocycles. The molecule has 0 radical (unpaired) electrons. The summed E-state index contributed by atoms with van der Waals surface area (Å²) >= 11 is 1.85. The highest BCUT2D eigenvalue weighted by atomic mass is 32.1. The van der Waals surface area contributed by atoms with Crippen molar-refractivity contribution >= 4 is 17.0 Å². The standard InChI is InChI=1S/C14H15NS/c1-2-8-14-12(5-1)6-3-9-15(14)11-13-7-4-10-16-13/h1-2,4-5,7-8,10H,3,6,9,11H2. The lowest BCUT2D eigenvalue weighted by Crippen LogP contribution is -2.28. The number of nitrogens with zero attached hydrogens (tertiary/aromatic N) is 1. The van der Waals surface area contributed by atoms with Crippen LogP contribution in [0.2, 0.25) is 0 Å². The van der Waals surface area contributed by atoms with Crippen molar-refractivity contribution in [3.8, 4) is 0 Å². The van der Waals surface area contributed by atoms with Crippen molar-refractivity contribution in [2.45, 2.75) is 19.4 Å². The molecule has 0 fully saturated rings. The predicted molar refractivity (Wildman–Crippen MR) is 70.1 cm³/mol. The van der Waals surface area contributed by atoms with Crippen molar-refractivity contribution in [3.05, 3.63) is 52.2 Å². The lowest BCUT2D eigenvalue weighted by atomic mass is 10.0. The van der Waals surface area contributed by atoms with Crippen LogP contribution in [0, 0.1) is 0 Å². The van der Waals surface area contributed by atoms with Crippen LogP contribution in [0.4, 0.5) is 5.69 Å². The summed E-state index contributed by atoms with van der Waals surface area (Å²) in [4.78, 5) is 3.96. The molecule has 16 heavy (non-hydrogen) atoms. The van der Waals surface area contributed by atoms with Gasteiger partial charge in [-0.05, 0) is 35.9 Å². The minimum atomic E-state index is 1.06. The quantitative estimate of drug-likeness (QED) is 0.759. The molecule has 1 aliphatic rings. The first kappa shape index (κ1) is 9.91. The van der Waals surface area contributed by atoms with Gasteiger partial charge in [0.15, 0.2) is 0 Å². The van der Waals surface area contributed by atoms with Gasteiger partial charge in [-0.15, -0.1) is 11.3 Å². The Kier molecular flexibility index (Phi) is 2.66. The fraction of sp³-hybridized carbons (Fsp3) is 0.286. The predicted octanol–water partition coefficient (Wildman–Crippen LogP) is 3.70. The number of hydrogen-bond donors (Lipinski definition) is 0. The van der Waals surface area contributed by atoms with Gasteiger partial charge < -0.3 is 4.90 Å². The van der Waals surface area contributed by atoms with Crippen molar-refractivity contribution in [1.82, 2.24) is 0 Å². The number of fused-ring (bicyclic) bond motifs is 1. The highest BCUT2D eigenvalue weighted by molar-refractivity contribution is 7.09. The van der Waals surface area contributed by atoms with Crippen molar-refractivity contribution in [2.75, 3.05) is 11.4 Å². The Labute approximate surface area is 100 Å². The number of para-hydroxylation sites is 1. The maximum absolute atomic E-state index is 2.50. The first-order valence-electron chi connectivity index (χ1n) is 5.79. The summed E-state index contributed by atoms with van der Waals surface area (Å²) in [5, 5.41) is 2.16. The van der Waals surface area contributed by atoms with Gasteiger partial charge in [0.05, 0.1) is 6.54 Å². The molecule has 0 amide bonds. The molecule has 0 saturated heterocycles. The van der Waals surface area contributed by atoms with Crippen LogP contribution in [0.5, 0.6) is 0 Å². The normalized spacial score (nSPS) is 14.9. The van der Waals surface area contributed by atoms with Gasteiger partial charge in [-0.3, -0.25) is 0 Å².